The summed E-state index contributed by atoms with van der Waals surface area (Å²) in [4.78, 5) is 45.3. The summed E-state index contributed by atoms with van der Waals surface area (Å²) in [6, 6.07) is 25.4. The van der Waals surface area contributed by atoms with Gasteiger partial charge in [-0.15, -0.1) is 0 Å². The van der Waals surface area contributed by atoms with Crippen molar-refractivity contribution in [3.8, 4) is 5.75 Å². The van der Waals surface area contributed by atoms with E-state index in [-0.39, 0.29) is 36.9 Å². The van der Waals surface area contributed by atoms with Crippen LogP contribution in [-0.4, -0.2) is 83.6 Å². The number of aromatic hydroxyl groups is 1. The molecule has 3 amide bonds. The van der Waals surface area contributed by atoms with E-state index in [1.165, 1.54) is 16.7 Å². The Labute approximate surface area is 290 Å². The zero-order valence-electron chi connectivity index (χ0n) is 28.8. The maximum atomic E-state index is 13.9. The second-order valence-corrected chi connectivity index (χ2v) is 13.1. The number of carbonyl (C=O) groups excluding carboxylic acids is 3. The molecule has 0 aromatic heterocycles. The van der Waals surface area contributed by atoms with Gasteiger partial charge < -0.3 is 35.8 Å². The van der Waals surface area contributed by atoms with Crippen LogP contribution in [-0.2, 0) is 27.3 Å². The number of rotatable bonds is 10. The van der Waals surface area contributed by atoms with Gasteiger partial charge in [0, 0.05) is 37.6 Å². The highest BCUT2D eigenvalue weighted by Gasteiger charge is 2.54. The topological polar surface area (TPSA) is 117 Å². The third-order valence-electron chi connectivity index (χ3n) is 9.71. The Kier molecular flexibility index (Phi) is 12.0. The van der Waals surface area contributed by atoms with Gasteiger partial charge in [0.05, 0.1) is 19.3 Å². The second kappa shape index (κ2) is 16.5. The Balaban J connectivity index is 0.000000514. The van der Waals surface area contributed by atoms with Crippen molar-refractivity contribution >= 4 is 23.4 Å². The summed E-state index contributed by atoms with van der Waals surface area (Å²) < 4.78 is 0. The summed E-state index contributed by atoms with van der Waals surface area (Å²) in [5.41, 5.74) is 4.78. The average molecular weight is 667 g/mol. The van der Waals surface area contributed by atoms with Gasteiger partial charge in [0.1, 0.15) is 17.8 Å². The molecule has 2 fully saturated rings. The zero-order chi connectivity index (χ0) is 34.8. The number of phenolic OH excluding ortho intramolecular Hbond substituents is 1. The predicted molar refractivity (Wildman–Crippen MR) is 193 cm³/mol. The normalized spacial score (nSPS) is 18.0. The summed E-state index contributed by atoms with van der Waals surface area (Å²) in [5, 5.41) is 18.4. The van der Waals surface area contributed by atoms with E-state index in [1.807, 2.05) is 54.3 Å². The van der Waals surface area contributed by atoms with E-state index in [2.05, 4.69) is 58.6 Å². The molecule has 10 nitrogen and oxygen atoms in total. The Hall–Kier alpha value is -4.83. The number of phenols is 1. The van der Waals surface area contributed by atoms with Crippen molar-refractivity contribution in [2.45, 2.75) is 64.1 Å². The largest absolute Gasteiger partial charge is 0.508 e. The van der Waals surface area contributed by atoms with Crippen LogP contribution in [0.1, 0.15) is 49.3 Å². The fourth-order valence-corrected chi connectivity index (χ4v) is 6.75. The molecule has 3 aliphatic rings. The van der Waals surface area contributed by atoms with E-state index < -0.39 is 5.54 Å². The number of likely N-dealkylation sites (tertiary alicyclic amines) is 1. The number of fused-ring (bicyclic) bond motifs is 1. The summed E-state index contributed by atoms with van der Waals surface area (Å²) in [5.74, 6) is 0.164. The smallest absolute Gasteiger partial charge is 0.250 e. The van der Waals surface area contributed by atoms with Gasteiger partial charge >= 0.3 is 0 Å². The molecule has 3 aromatic rings. The first-order chi connectivity index (χ1) is 23.7. The van der Waals surface area contributed by atoms with Gasteiger partial charge in [-0.25, -0.2) is 0 Å². The molecule has 0 unspecified atom stereocenters. The lowest BCUT2D eigenvalue weighted by Crippen LogP contribution is -2.58. The Morgan fingerprint density at radius 1 is 0.959 bits per heavy atom. The number of carbonyl (C=O) groups is 3. The van der Waals surface area contributed by atoms with Crippen molar-refractivity contribution in [3.05, 3.63) is 108 Å². The molecule has 1 spiro atoms. The van der Waals surface area contributed by atoms with Crippen molar-refractivity contribution in [1.82, 2.24) is 25.8 Å². The van der Waals surface area contributed by atoms with Crippen LogP contribution in [0.2, 0.25) is 0 Å². The first-order valence-electron chi connectivity index (χ1n) is 17.3. The molecular formula is C39H50N6O4. The van der Waals surface area contributed by atoms with Crippen LogP contribution in [0.25, 0.3) is 0 Å². The zero-order valence-corrected chi connectivity index (χ0v) is 28.8. The van der Waals surface area contributed by atoms with Crippen molar-refractivity contribution in [3.63, 3.8) is 0 Å². The highest BCUT2D eigenvalue weighted by atomic mass is 16.3. The van der Waals surface area contributed by atoms with Gasteiger partial charge in [-0.05, 0) is 68.0 Å². The minimum atomic E-state index is -0.766. The minimum Gasteiger partial charge on any atom is -0.508 e. The summed E-state index contributed by atoms with van der Waals surface area (Å²) in [6.45, 7) is 11.2. The Morgan fingerprint density at radius 2 is 1.63 bits per heavy atom. The number of unbranched alkanes of at least 4 members (excludes halogenated alkanes) is 1. The summed E-state index contributed by atoms with van der Waals surface area (Å²) in [7, 11) is 0. The first-order valence-corrected chi connectivity index (χ1v) is 17.3. The fraction of sp³-hybridized carbons (Fsp3) is 0.410. The standard InChI is InChI=1S/C32H42N6O3.C7H8O/c1-3-4-16-33-29(39)22-37-23-38(27-12-6-5-7-13-27)32(31(37)41)14-17-36(18-15-32)30(40)21-34-24(2)28-19-25-10-8-9-11-26(25)20-35-28;1-6-2-4-7(8)5-3-6/h5-13,28,34-35H,2-4,14-23H2,1H3,(H,33,39);2-5,8H,1H3/t28-;/m1./s1. The number of amides is 3. The molecule has 49 heavy (non-hydrogen) atoms. The SMILES string of the molecule is C=C(NCC(=O)N1CCC2(CC1)C(=O)N(CC(=O)NCCCC)CN2c1ccccc1)[C@H]1Cc2ccccc2CN1.Cc1ccc(O)cc1. The molecule has 3 aliphatic heterocycles. The first kappa shape index (κ1) is 35.5. The van der Waals surface area contributed by atoms with Crippen LogP contribution in [0.3, 0.4) is 0 Å². The molecule has 2 saturated heterocycles. The number of hydrogen-bond acceptors (Lipinski definition) is 7. The lowest BCUT2D eigenvalue weighted by atomic mass is 9.85. The van der Waals surface area contributed by atoms with Crippen LogP contribution in [0.5, 0.6) is 5.75 Å². The average Bonchev–Trinajstić information content (AvgIpc) is 3.38. The number of hydrogen-bond donors (Lipinski definition) is 4. The van der Waals surface area contributed by atoms with Gasteiger partial charge in [0.25, 0.3) is 5.91 Å². The lowest BCUT2D eigenvalue weighted by molar-refractivity contribution is -0.139. The van der Waals surface area contributed by atoms with Crippen molar-refractivity contribution < 1.29 is 19.5 Å². The maximum absolute atomic E-state index is 13.9. The number of anilines is 1. The third-order valence-corrected chi connectivity index (χ3v) is 9.71. The van der Waals surface area contributed by atoms with Crippen LogP contribution < -0.4 is 20.9 Å². The van der Waals surface area contributed by atoms with Gasteiger partial charge in [-0.2, -0.15) is 0 Å². The molecule has 6 rings (SSSR count). The van der Waals surface area contributed by atoms with Gasteiger partial charge in [-0.1, -0.05) is 80.1 Å². The predicted octanol–water partition coefficient (Wildman–Crippen LogP) is 4.09. The summed E-state index contributed by atoms with van der Waals surface area (Å²) >= 11 is 0. The lowest BCUT2D eigenvalue weighted by Gasteiger charge is -2.43. The minimum absolute atomic E-state index is 0.000995. The molecule has 260 valence electrons. The monoisotopic (exact) mass is 666 g/mol. The van der Waals surface area contributed by atoms with Crippen LogP contribution >= 0.6 is 0 Å². The molecule has 10 heteroatoms. The molecule has 0 aliphatic carbocycles. The van der Waals surface area contributed by atoms with E-state index in [0.717, 1.165) is 37.2 Å². The number of aryl methyl sites for hydroxylation is 1. The number of para-hydroxylation sites is 1. The highest BCUT2D eigenvalue weighted by molar-refractivity contribution is 5.96. The molecule has 0 bridgehead atoms. The number of benzene rings is 3. The van der Waals surface area contributed by atoms with E-state index >= 15 is 0 Å². The van der Waals surface area contributed by atoms with Crippen molar-refractivity contribution in [2.24, 2.45) is 0 Å². The summed E-state index contributed by atoms with van der Waals surface area (Å²) in [6.07, 6.45) is 3.79. The van der Waals surface area contributed by atoms with Crippen LogP contribution in [0, 0.1) is 6.92 Å². The number of nitrogens with one attached hydrogen (secondary N) is 3. The Bertz CT molecular complexity index is 1570. The molecule has 3 heterocycles. The molecule has 0 saturated carbocycles. The van der Waals surface area contributed by atoms with E-state index in [1.54, 1.807) is 17.0 Å². The van der Waals surface area contributed by atoms with Crippen LogP contribution in [0.4, 0.5) is 5.69 Å². The highest BCUT2D eigenvalue weighted by Crippen LogP contribution is 2.39. The Morgan fingerprint density at radius 3 is 2.31 bits per heavy atom. The molecule has 0 radical (unpaired) electrons. The molecular weight excluding hydrogens is 616 g/mol. The second-order valence-electron chi connectivity index (χ2n) is 13.1. The van der Waals surface area contributed by atoms with Crippen molar-refractivity contribution in [1.29, 1.82) is 0 Å². The quantitative estimate of drug-likeness (QED) is 0.241. The van der Waals surface area contributed by atoms with Crippen LogP contribution in [0.15, 0.2) is 91.1 Å². The maximum Gasteiger partial charge on any atom is 0.250 e. The third kappa shape index (κ3) is 8.80. The van der Waals surface area contributed by atoms with Gasteiger partial charge in [0.15, 0.2) is 0 Å². The molecule has 3 aromatic carbocycles. The number of piperidine rings is 1. The van der Waals surface area contributed by atoms with E-state index in [0.29, 0.717) is 44.9 Å². The molecule has 4 N–H and O–H groups in total. The van der Waals surface area contributed by atoms with E-state index in [4.69, 9.17) is 5.11 Å². The number of nitrogens with zero attached hydrogens (tertiary/aromatic N) is 3. The van der Waals surface area contributed by atoms with Gasteiger partial charge in [0.2, 0.25) is 11.8 Å². The molecule has 1 atom stereocenters. The fourth-order valence-electron chi connectivity index (χ4n) is 6.75. The van der Waals surface area contributed by atoms with Gasteiger partial charge in [-0.3, -0.25) is 14.4 Å². The van der Waals surface area contributed by atoms with Crippen molar-refractivity contribution in [2.75, 3.05) is 44.3 Å². The van der Waals surface area contributed by atoms with E-state index in [9.17, 15) is 14.4 Å².